The molecule has 1 aromatic rings. The van der Waals surface area contributed by atoms with Gasteiger partial charge in [-0.05, 0) is 43.9 Å². The van der Waals surface area contributed by atoms with Gasteiger partial charge in [0.1, 0.15) is 0 Å². The molecule has 1 aliphatic heterocycles. The van der Waals surface area contributed by atoms with Crippen LogP contribution < -0.4 is 5.73 Å². The van der Waals surface area contributed by atoms with Gasteiger partial charge in [0.2, 0.25) is 10.0 Å². The zero-order chi connectivity index (χ0) is 14.0. The quantitative estimate of drug-likeness (QED) is 0.920. The van der Waals surface area contributed by atoms with E-state index in [0.717, 1.165) is 24.8 Å². The lowest BCUT2D eigenvalue weighted by Crippen LogP contribution is -2.39. The smallest absolute Gasteiger partial charge is 0.243 e. The first kappa shape index (κ1) is 14.5. The molecule has 4 nitrogen and oxygen atoms in total. The van der Waals surface area contributed by atoms with Crippen molar-refractivity contribution in [2.24, 2.45) is 5.73 Å². The minimum Gasteiger partial charge on any atom is -0.326 e. The Morgan fingerprint density at radius 2 is 2.11 bits per heavy atom. The Kier molecular flexibility index (Phi) is 4.28. The Morgan fingerprint density at radius 3 is 2.74 bits per heavy atom. The highest BCUT2D eigenvalue weighted by molar-refractivity contribution is 7.89. The average Bonchev–Trinajstić information content (AvgIpc) is 2.80. The highest BCUT2D eigenvalue weighted by atomic mass is 32.2. The summed E-state index contributed by atoms with van der Waals surface area (Å²) in [5, 5.41) is 0. The van der Waals surface area contributed by atoms with Crippen LogP contribution >= 0.6 is 0 Å². The molecule has 0 spiro atoms. The molecule has 0 saturated carbocycles. The zero-order valence-electron chi connectivity index (χ0n) is 11.5. The maximum absolute atomic E-state index is 12.8. The van der Waals surface area contributed by atoms with E-state index >= 15 is 0 Å². The SMILES string of the molecule is CCC1CCC(C)N1S(=O)(=O)c1cccc(CN)c1. The van der Waals surface area contributed by atoms with E-state index in [4.69, 9.17) is 5.73 Å². The maximum atomic E-state index is 12.8. The molecule has 2 N–H and O–H groups in total. The summed E-state index contributed by atoms with van der Waals surface area (Å²) in [4.78, 5) is 0.364. The first-order valence-electron chi connectivity index (χ1n) is 6.83. The third kappa shape index (κ3) is 2.68. The van der Waals surface area contributed by atoms with Crippen molar-refractivity contribution in [3.05, 3.63) is 29.8 Å². The zero-order valence-corrected chi connectivity index (χ0v) is 12.4. The average molecular weight is 282 g/mol. The van der Waals surface area contributed by atoms with Crippen LogP contribution in [-0.4, -0.2) is 24.8 Å². The minimum absolute atomic E-state index is 0.0801. The van der Waals surface area contributed by atoms with E-state index < -0.39 is 10.0 Å². The van der Waals surface area contributed by atoms with E-state index in [0.29, 0.717) is 11.4 Å². The van der Waals surface area contributed by atoms with Gasteiger partial charge in [-0.1, -0.05) is 19.1 Å². The van der Waals surface area contributed by atoms with Crippen molar-refractivity contribution in [1.82, 2.24) is 4.31 Å². The van der Waals surface area contributed by atoms with Crippen LogP contribution in [0, 0.1) is 0 Å². The van der Waals surface area contributed by atoms with E-state index in [1.54, 1.807) is 22.5 Å². The van der Waals surface area contributed by atoms with Crippen molar-refractivity contribution in [3.63, 3.8) is 0 Å². The molecule has 19 heavy (non-hydrogen) atoms. The Balaban J connectivity index is 2.40. The van der Waals surface area contributed by atoms with Gasteiger partial charge >= 0.3 is 0 Å². The standard InChI is InChI=1S/C14H22N2O2S/c1-3-13-8-7-11(2)16(13)19(17,18)14-6-4-5-12(9-14)10-15/h4-6,9,11,13H,3,7-8,10,15H2,1-2H3. The molecule has 106 valence electrons. The van der Waals surface area contributed by atoms with Crippen LogP contribution in [0.25, 0.3) is 0 Å². The van der Waals surface area contributed by atoms with Gasteiger partial charge in [-0.15, -0.1) is 0 Å². The van der Waals surface area contributed by atoms with Gasteiger partial charge in [0, 0.05) is 18.6 Å². The summed E-state index contributed by atoms with van der Waals surface area (Å²) >= 11 is 0. The van der Waals surface area contributed by atoms with E-state index in [2.05, 4.69) is 0 Å². The summed E-state index contributed by atoms with van der Waals surface area (Å²) < 4.78 is 27.2. The maximum Gasteiger partial charge on any atom is 0.243 e. The molecule has 0 bridgehead atoms. The fraction of sp³-hybridized carbons (Fsp3) is 0.571. The Bertz CT molecular complexity index is 542. The highest BCUT2D eigenvalue weighted by Gasteiger charge is 2.39. The fourth-order valence-corrected chi connectivity index (χ4v) is 4.84. The fourth-order valence-electron chi connectivity index (χ4n) is 2.82. The Labute approximate surface area is 115 Å². The van der Waals surface area contributed by atoms with E-state index in [1.807, 2.05) is 19.9 Å². The highest BCUT2D eigenvalue weighted by Crippen LogP contribution is 2.32. The van der Waals surface area contributed by atoms with Gasteiger partial charge < -0.3 is 5.73 Å². The van der Waals surface area contributed by atoms with Crippen molar-refractivity contribution in [1.29, 1.82) is 0 Å². The summed E-state index contributed by atoms with van der Waals surface area (Å²) in [5.74, 6) is 0. The number of nitrogens with zero attached hydrogens (tertiary/aromatic N) is 1. The molecular formula is C14H22N2O2S. The predicted octanol–water partition coefficient (Wildman–Crippen LogP) is 2.10. The molecule has 2 atom stereocenters. The summed E-state index contributed by atoms with van der Waals surface area (Å²) in [7, 11) is -3.40. The second-order valence-corrected chi connectivity index (χ2v) is 7.02. The lowest BCUT2D eigenvalue weighted by atomic mass is 10.2. The first-order chi connectivity index (χ1) is 9.00. The third-order valence-electron chi connectivity index (χ3n) is 3.89. The van der Waals surface area contributed by atoms with Crippen molar-refractivity contribution in [2.75, 3.05) is 0 Å². The number of hydrogen-bond acceptors (Lipinski definition) is 3. The molecule has 0 aliphatic carbocycles. The largest absolute Gasteiger partial charge is 0.326 e. The molecule has 1 aliphatic rings. The topological polar surface area (TPSA) is 63.4 Å². The molecule has 1 aromatic carbocycles. The second-order valence-electron chi connectivity index (χ2n) is 5.17. The van der Waals surface area contributed by atoms with Gasteiger partial charge in [0.05, 0.1) is 4.90 Å². The number of nitrogens with two attached hydrogens (primary N) is 1. The Hall–Kier alpha value is -0.910. The summed E-state index contributed by atoms with van der Waals surface area (Å²) in [6.45, 7) is 4.39. The molecule has 1 saturated heterocycles. The third-order valence-corrected chi connectivity index (χ3v) is 5.96. The lowest BCUT2D eigenvalue weighted by Gasteiger charge is -2.27. The Morgan fingerprint density at radius 1 is 1.37 bits per heavy atom. The molecule has 0 radical (unpaired) electrons. The van der Waals surface area contributed by atoms with Crippen molar-refractivity contribution >= 4 is 10.0 Å². The van der Waals surface area contributed by atoms with Crippen LogP contribution in [0.4, 0.5) is 0 Å². The van der Waals surface area contributed by atoms with Crippen LogP contribution in [0.1, 0.15) is 38.7 Å². The molecular weight excluding hydrogens is 260 g/mol. The summed E-state index contributed by atoms with van der Waals surface area (Å²) in [5.41, 5.74) is 6.44. The van der Waals surface area contributed by atoms with Crippen LogP contribution in [-0.2, 0) is 16.6 Å². The molecule has 1 fully saturated rings. The first-order valence-corrected chi connectivity index (χ1v) is 8.27. The summed E-state index contributed by atoms with van der Waals surface area (Å²) in [6.07, 6.45) is 2.75. The van der Waals surface area contributed by atoms with Gasteiger partial charge in [0.25, 0.3) is 0 Å². The summed E-state index contributed by atoms with van der Waals surface area (Å²) in [6, 6.07) is 7.16. The predicted molar refractivity (Wildman–Crippen MR) is 76.1 cm³/mol. The molecule has 0 amide bonds. The monoisotopic (exact) mass is 282 g/mol. The number of benzene rings is 1. The van der Waals surface area contributed by atoms with Gasteiger partial charge in [0.15, 0.2) is 0 Å². The van der Waals surface area contributed by atoms with Crippen LogP contribution in [0.5, 0.6) is 0 Å². The van der Waals surface area contributed by atoms with Crippen LogP contribution in [0.2, 0.25) is 0 Å². The van der Waals surface area contributed by atoms with E-state index in [-0.39, 0.29) is 12.1 Å². The minimum atomic E-state index is -3.40. The molecule has 1 heterocycles. The van der Waals surface area contributed by atoms with E-state index in [9.17, 15) is 8.42 Å². The van der Waals surface area contributed by atoms with Gasteiger partial charge in [-0.3, -0.25) is 0 Å². The molecule has 2 unspecified atom stereocenters. The van der Waals surface area contributed by atoms with E-state index in [1.165, 1.54) is 0 Å². The molecule has 2 rings (SSSR count). The number of hydrogen-bond donors (Lipinski definition) is 1. The van der Waals surface area contributed by atoms with Gasteiger partial charge in [-0.2, -0.15) is 4.31 Å². The normalized spacial score (nSPS) is 24.8. The van der Waals surface area contributed by atoms with Crippen LogP contribution in [0.15, 0.2) is 29.2 Å². The van der Waals surface area contributed by atoms with Crippen molar-refractivity contribution < 1.29 is 8.42 Å². The number of sulfonamides is 1. The molecule has 5 heteroatoms. The number of rotatable bonds is 4. The second kappa shape index (κ2) is 5.61. The van der Waals surface area contributed by atoms with Crippen molar-refractivity contribution in [2.45, 2.75) is 56.6 Å². The van der Waals surface area contributed by atoms with Crippen molar-refractivity contribution in [3.8, 4) is 0 Å². The van der Waals surface area contributed by atoms with Gasteiger partial charge in [-0.25, -0.2) is 8.42 Å². The molecule has 0 aromatic heterocycles. The lowest BCUT2D eigenvalue weighted by molar-refractivity contribution is 0.328. The van der Waals surface area contributed by atoms with Crippen LogP contribution in [0.3, 0.4) is 0 Å².